The zero-order valence-electron chi connectivity index (χ0n) is 21.6. The average Bonchev–Trinajstić information content (AvgIpc) is 3.67. The third-order valence-corrected chi connectivity index (χ3v) is 7.78. The summed E-state index contributed by atoms with van der Waals surface area (Å²) in [5.41, 5.74) is 6.59. The van der Waals surface area contributed by atoms with Crippen LogP contribution in [-0.2, 0) is 11.2 Å². The molecule has 2 fully saturated rings. The van der Waals surface area contributed by atoms with E-state index < -0.39 is 0 Å². The van der Waals surface area contributed by atoms with Gasteiger partial charge in [-0.1, -0.05) is 35.0 Å². The maximum atomic E-state index is 13.8. The van der Waals surface area contributed by atoms with Crippen LogP contribution in [-0.4, -0.2) is 55.3 Å². The summed E-state index contributed by atoms with van der Waals surface area (Å²) in [7, 11) is 0. The monoisotopic (exact) mass is 500 g/mol. The lowest BCUT2D eigenvalue weighted by molar-refractivity contribution is 0.0711. The highest BCUT2D eigenvalue weighted by Crippen LogP contribution is 2.34. The van der Waals surface area contributed by atoms with E-state index in [1.165, 1.54) is 11.1 Å². The number of hydrogen-bond donors (Lipinski definition) is 0. The number of benzene rings is 1. The molecule has 0 N–H and O–H groups in total. The van der Waals surface area contributed by atoms with Gasteiger partial charge in [-0.05, 0) is 57.6 Å². The van der Waals surface area contributed by atoms with E-state index in [-0.39, 0.29) is 17.9 Å². The van der Waals surface area contributed by atoms with E-state index in [0.717, 1.165) is 68.1 Å². The Morgan fingerprint density at radius 3 is 2.62 bits per heavy atom. The Bertz CT molecular complexity index is 1430. The predicted octanol–water partition coefficient (Wildman–Crippen LogP) is 4.50. The Morgan fingerprint density at radius 1 is 1.05 bits per heavy atom. The second kappa shape index (κ2) is 9.70. The number of rotatable bonds is 5. The Labute approximate surface area is 215 Å². The first-order valence-corrected chi connectivity index (χ1v) is 13.1. The molecule has 2 aliphatic rings. The molecule has 4 aromatic rings. The van der Waals surface area contributed by atoms with Crippen LogP contribution in [0.25, 0.3) is 5.65 Å². The number of carbonyl (C=O) groups excluding carboxylic acids is 1. The minimum atomic E-state index is -0.230. The standard InChI is InChI=1S/C28H32N6O3/c1-17-6-8-20(9-7-17)15-22-18(2)30-26-23(16-29-34(26)19(22)3)28(35)33-12-4-5-24(33)27-31-25(32-37-27)21-10-13-36-14-11-21/h6-9,16,21,24H,4-5,10-15H2,1-3H3. The van der Waals surface area contributed by atoms with Crippen LogP contribution in [0.1, 0.15) is 87.8 Å². The van der Waals surface area contributed by atoms with Gasteiger partial charge in [-0.15, -0.1) is 0 Å². The Hall–Kier alpha value is -3.59. The summed E-state index contributed by atoms with van der Waals surface area (Å²) in [5.74, 6) is 1.40. The van der Waals surface area contributed by atoms with E-state index in [2.05, 4.69) is 41.4 Å². The van der Waals surface area contributed by atoms with Crippen molar-refractivity contribution in [1.82, 2.24) is 29.6 Å². The summed E-state index contributed by atoms with van der Waals surface area (Å²) < 4.78 is 12.9. The first-order valence-electron chi connectivity index (χ1n) is 13.1. The molecular weight excluding hydrogens is 468 g/mol. The molecule has 1 atom stereocenters. The second-order valence-corrected chi connectivity index (χ2v) is 10.3. The molecule has 5 heterocycles. The van der Waals surface area contributed by atoms with Crippen LogP contribution in [0.4, 0.5) is 0 Å². The van der Waals surface area contributed by atoms with Crippen molar-refractivity contribution in [3.05, 3.63) is 75.8 Å². The van der Waals surface area contributed by atoms with Gasteiger partial charge in [0.1, 0.15) is 11.6 Å². The molecule has 6 rings (SSSR count). The number of amides is 1. The van der Waals surface area contributed by atoms with Crippen molar-refractivity contribution in [1.29, 1.82) is 0 Å². The number of likely N-dealkylation sites (tertiary alicyclic amines) is 1. The van der Waals surface area contributed by atoms with Gasteiger partial charge in [-0.25, -0.2) is 9.50 Å². The smallest absolute Gasteiger partial charge is 0.260 e. The number of fused-ring (bicyclic) bond motifs is 1. The zero-order valence-corrected chi connectivity index (χ0v) is 21.6. The highest BCUT2D eigenvalue weighted by Gasteiger charge is 2.36. The molecule has 9 heteroatoms. The van der Waals surface area contributed by atoms with Gasteiger partial charge in [0.25, 0.3) is 5.91 Å². The average molecular weight is 501 g/mol. The number of hydrogen-bond acceptors (Lipinski definition) is 7. The summed E-state index contributed by atoms with van der Waals surface area (Å²) in [6.45, 7) is 8.21. The van der Waals surface area contributed by atoms with Crippen molar-refractivity contribution < 1.29 is 14.1 Å². The fourth-order valence-electron chi connectivity index (χ4n) is 5.55. The highest BCUT2D eigenvalue weighted by molar-refractivity contribution is 6.00. The topological polar surface area (TPSA) is 98.7 Å². The molecule has 9 nitrogen and oxygen atoms in total. The lowest BCUT2D eigenvalue weighted by atomic mass is 10.00. The van der Waals surface area contributed by atoms with Crippen LogP contribution in [0.3, 0.4) is 0 Å². The third kappa shape index (κ3) is 4.41. The quantitative estimate of drug-likeness (QED) is 0.398. The van der Waals surface area contributed by atoms with Crippen LogP contribution in [0.2, 0.25) is 0 Å². The van der Waals surface area contributed by atoms with Crippen LogP contribution >= 0.6 is 0 Å². The molecular formula is C28H32N6O3. The van der Waals surface area contributed by atoms with E-state index in [0.29, 0.717) is 23.6 Å². The number of aromatic nitrogens is 5. The van der Waals surface area contributed by atoms with E-state index >= 15 is 0 Å². The highest BCUT2D eigenvalue weighted by atomic mass is 16.5. The molecule has 1 amide bonds. The van der Waals surface area contributed by atoms with Crippen molar-refractivity contribution in [3.63, 3.8) is 0 Å². The minimum Gasteiger partial charge on any atom is -0.381 e. The molecule has 0 saturated carbocycles. The third-order valence-electron chi connectivity index (χ3n) is 7.78. The fraction of sp³-hybridized carbons (Fsp3) is 0.464. The summed E-state index contributed by atoms with van der Waals surface area (Å²) >= 11 is 0. The maximum absolute atomic E-state index is 13.8. The first kappa shape index (κ1) is 23.8. The number of nitrogens with zero attached hydrogens (tertiary/aromatic N) is 6. The molecule has 0 aliphatic carbocycles. The molecule has 192 valence electrons. The zero-order chi connectivity index (χ0) is 25.5. The van der Waals surface area contributed by atoms with Crippen molar-refractivity contribution in [2.24, 2.45) is 0 Å². The largest absolute Gasteiger partial charge is 0.381 e. The Balaban J connectivity index is 1.27. The minimum absolute atomic E-state index is 0.0964. The van der Waals surface area contributed by atoms with Gasteiger partial charge in [-0.3, -0.25) is 4.79 Å². The molecule has 1 aromatic carbocycles. The van der Waals surface area contributed by atoms with E-state index in [4.69, 9.17) is 19.2 Å². The molecule has 0 spiro atoms. The molecule has 0 bridgehead atoms. The number of aryl methyl sites for hydroxylation is 3. The molecule has 3 aromatic heterocycles. The summed E-state index contributed by atoms with van der Waals surface area (Å²) in [6, 6.07) is 8.31. The Morgan fingerprint density at radius 2 is 1.84 bits per heavy atom. The lowest BCUT2D eigenvalue weighted by Gasteiger charge is -2.21. The number of ether oxygens (including phenoxy) is 1. The molecule has 1 unspecified atom stereocenters. The molecule has 0 radical (unpaired) electrons. The van der Waals surface area contributed by atoms with E-state index in [1.54, 1.807) is 10.7 Å². The van der Waals surface area contributed by atoms with Gasteiger partial charge < -0.3 is 14.2 Å². The Kier molecular flexibility index (Phi) is 6.24. The van der Waals surface area contributed by atoms with Crippen molar-refractivity contribution in [2.75, 3.05) is 19.8 Å². The van der Waals surface area contributed by atoms with Gasteiger partial charge >= 0.3 is 0 Å². The van der Waals surface area contributed by atoms with Crippen molar-refractivity contribution in [2.45, 2.75) is 64.8 Å². The van der Waals surface area contributed by atoms with Gasteiger partial charge in [0, 0.05) is 43.5 Å². The van der Waals surface area contributed by atoms with Crippen LogP contribution in [0, 0.1) is 20.8 Å². The first-order chi connectivity index (χ1) is 18.0. The maximum Gasteiger partial charge on any atom is 0.260 e. The van der Waals surface area contributed by atoms with Crippen molar-refractivity contribution in [3.8, 4) is 0 Å². The normalized spacial score (nSPS) is 18.7. The summed E-state index contributed by atoms with van der Waals surface area (Å²) in [4.78, 5) is 25.2. The summed E-state index contributed by atoms with van der Waals surface area (Å²) in [5, 5.41) is 8.83. The van der Waals surface area contributed by atoms with Crippen LogP contribution in [0.15, 0.2) is 35.0 Å². The van der Waals surface area contributed by atoms with Crippen molar-refractivity contribution >= 4 is 11.6 Å². The number of carbonyl (C=O) groups is 1. The molecule has 2 saturated heterocycles. The van der Waals surface area contributed by atoms with E-state index in [1.807, 2.05) is 18.7 Å². The van der Waals surface area contributed by atoms with Gasteiger partial charge in [0.2, 0.25) is 5.89 Å². The van der Waals surface area contributed by atoms with Crippen LogP contribution < -0.4 is 0 Å². The van der Waals surface area contributed by atoms with Gasteiger partial charge in [0.05, 0.1) is 6.20 Å². The SMILES string of the molecule is Cc1ccc(Cc2c(C)nc3c(C(=O)N4CCCC4c4nc(C5CCOCC5)no4)cnn3c2C)cc1. The molecule has 2 aliphatic heterocycles. The lowest BCUT2D eigenvalue weighted by Crippen LogP contribution is -2.31. The summed E-state index contributed by atoms with van der Waals surface area (Å²) in [6.07, 6.45) is 5.88. The van der Waals surface area contributed by atoms with Crippen LogP contribution in [0.5, 0.6) is 0 Å². The fourth-order valence-corrected chi connectivity index (χ4v) is 5.55. The van der Waals surface area contributed by atoms with Gasteiger partial charge in [0.15, 0.2) is 11.5 Å². The van der Waals surface area contributed by atoms with E-state index in [9.17, 15) is 4.79 Å². The second-order valence-electron chi connectivity index (χ2n) is 10.3. The van der Waals surface area contributed by atoms with Gasteiger partial charge in [-0.2, -0.15) is 10.1 Å². The predicted molar refractivity (Wildman–Crippen MR) is 137 cm³/mol. The molecule has 37 heavy (non-hydrogen) atoms.